The Labute approximate surface area is 85.2 Å². The van der Waals surface area contributed by atoms with Crippen LogP contribution in [0.5, 0.6) is 5.75 Å². The van der Waals surface area contributed by atoms with E-state index >= 15 is 0 Å². The smallest absolute Gasteiger partial charge is 0.119 e. The fourth-order valence-electron chi connectivity index (χ4n) is 2.25. The number of hydrogen-bond donors (Lipinski definition) is 1. The Morgan fingerprint density at radius 3 is 2.36 bits per heavy atom. The minimum absolute atomic E-state index is 0.477. The molecule has 0 aliphatic heterocycles. The third-order valence-corrected chi connectivity index (χ3v) is 2.97. The van der Waals surface area contributed by atoms with Crippen molar-refractivity contribution < 1.29 is 5.11 Å². The summed E-state index contributed by atoms with van der Waals surface area (Å²) in [5.41, 5.74) is 3.78. The molecule has 0 saturated heterocycles. The van der Waals surface area contributed by atoms with E-state index in [-0.39, 0.29) is 0 Å². The van der Waals surface area contributed by atoms with Gasteiger partial charge in [0.25, 0.3) is 0 Å². The van der Waals surface area contributed by atoms with E-state index in [0.29, 0.717) is 5.75 Å². The number of aromatic hydroxyl groups is 1. The fraction of sp³-hybridized carbons (Fsp3) is 0.500. The van der Waals surface area contributed by atoms with Crippen molar-refractivity contribution >= 4 is 5.69 Å². The van der Waals surface area contributed by atoms with Gasteiger partial charge in [-0.1, -0.05) is 0 Å². The molecule has 0 unspecified atom stereocenters. The number of fused-ring (bicyclic) bond motifs is 1. The lowest BCUT2D eigenvalue weighted by Crippen LogP contribution is -2.14. The summed E-state index contributed by atoms with van der Waals surface area (Å²) in [6.07, 6.45) is 4.59. The topological polar surface area (TPSA) is 23.5 Å². The molecule has 1 aliphatic carbocycles. The van der Waals surface area contributed by atoms with E-state index in [1.807, 2.05) is 12.1 Å². The van der Waals surface area contributed by atoms with Crippen molar-refractivity contribution in [3.8, 4) is 5.75 Å². The predicted molar refractivity (Wildman–Crippen MR) is 59.1 cm³/mol. The fourth-order valence-corrected chi connectivity index (χ4v) is 2.25. The monoisotopic (exact) mass is 191 g/mol. The second-order valence-corrected chi connectivity index (χ2v) is 4.16. The summed E-state index contributed by atoms with van der Waals surface area (Å²) in [4.78, 5) is 2.13. The van der Waals surface area contributed by atoms with Gasteiger partial charge in [-0.25, -0.2) is 0 Å². The van der Waals surface area contributed by atoms with Crippen LogP contribution in [0.3, 0.4) is 0 Å². The van der Waals surface area contributed by atoms with Crippen molar-refractivity contribution in [3.63, 3.8) is 0 Å². The Morgan fingerprint density at radius 1 is 1.07 bits per heavy atom. The van der Waals surface area contributed by atoms with Crippen molar-refractivity contribution in [2.45, 2.75) is 25.7 Å². The van der Waals surface area contributed by atoms with E-state index in [1.54, 1.807) is 0 Å². The Bertz CT molecular complexity index is 344. The first-order valence-corrected chi connectivity index (χ1v) is 5.21. The molecule has 14 heavy (non-hydrogen) atoms. The molecular formula is C12H17NO. The van der Waals surface area contributed by atoms with Gasteiger partial charge >= 0.3 is 0 Å². The van der Waals surface area contributed by atoms with E-state index in [9.17, 15) is 5.11 Å². The van der Waals surface area contributed by atoms with Gasteiger partial charge in [-0.15, -0.1) is 0 Å². The van der Waals surface area contributed by atoms with Gasteiger partial charge in [-0.3, -0.25) is 0 Å². The maximum Gasteiger partial charge on any atom is 0.119 e. The Morgan fingerprint density at radius 2 is 1.71 bits per heavy atom. The van der Waals surface area contributed by atoms with E-state index < -0.39 is 0 Å². The summed E-state index contributed by atoms with van der Waals surface area (Å²) >= 11 is 0. The standard InChI is InChI=1S/C12H17NO/c1-13(2)11-7-8-12(14)10-6-4-3-5-9(10)11/h7-8,14H,3-6H2,1-2H3. The first-order valence-electron chi connectivity index (χ1n) is 5.21. The van der Waals surface area contributed by atoms with Gasteiger partial charge in [-0.05, 0) is 48.9 Å². The summed E-state index contributed by atoms with van der Waals surface area (Å²) in [5.74, 6) is 0.477. The highest BCUT2D eigenvalue weighted by molar-refractivity contribution is 5.60. The molecule has 2 nitrogen and oxygen atoms in total. The SMILES string of the molecule is CN(C)c1ccc(O)c2c1CCCC2. The number of rotatable bonds is 1. The zero-order valence-corrected chi connectivity index (χ0v) is 8.88. The summed E-state index contributed by atoms with van der Waals surface area (Å²) in [5, 5.41) is 9.74. The highest BCUT2D eigenvalue weighted by atomic mass is 16.3. The third-order valence-electron chi connectivity index (χ3n) is 2.97. The first-order chi connectivity index (χ1) is 6.70. The molecule has 0 fully saturated rings. The van der Waals surface area contributed by atoms with Crippen molar-refractivity contribution in [3.05, 3.63) is 23.3 Å². The predicted octanol–water partition coefficient (Wildman–Crippen LogP) is 2.34. The molecule has 0 atom stereocenters. The number of nitrogens with zero attached hydrogens (tertiary/aromatic N) is 1. The Kier molecular flexibility index (Phi) is 2.36. The second-order valence-electron chi connectivity index (χ2n) is 4.16. The van der Waals surface area contributed by atoms with Crippen LogP contribution >= 0.6 is 0 Å². The molecule has 1 N–H and O–H groups in total. The number of phenolic OH excluding ortho intramolecular Hbond substituents is 1. The molecule has 0 aromatic heterocycles. The molecule has 1 aromatic carbocycles. The van der Waals surface area contributed by atoms with Crippen LogP contribution in [0, 0.1) is 0 Å². The van der Waals surface area contributed by atoms with E-state index in [4.69, 9.17) is 0 Å². The summed E-state index contributed by atoms with van der Waals surface area (Å²) in [6, 6.07) is 3.83. The van der Waals surface area contributed by atoms with Crippen LogP contribution in [0.15, 0.2) is 12.1 Å². The number of hydrogen-bond acceptors (Lipinski definition) is 2. The molecule has 0 bridgehead atoms. The molecule has 0 spiro atoms. The van der Waals surface area contributed by atoms with Gasteiger partial charge in [-0.2, -0.15) is 0 Å². The highest BCUT2D eigenvalue weighted by Crippen LogP contribution is 2.34. The zero-order chi connectivity index (χ0) is 10.1. The molecule has 76 valence electrons. The zero-order valence-electron chi connectivity index (χ0n) is 8.88. The minimum atomic E-state index is 0.477. The van der Waals surface area contributed by atoms with Gasteiger partial charge in [0.2, 0.25) is 0 Å². The first kappa shape index (κ1) is 9.38. The lowest BCUT2D eigenvalue weighted by molar-refractivity contribution is 0.462. The Balaban J connectivity index is 2.53. The highest BCUT2D eigenvalue weighted by Gasteiger charge is 2.17. The molecule has 0 saturated carbocycles. The quantitative estimate of drug-likeness (QED) is 0.736. The van der Waals surface area contributed by atoms with Gasteiger partial charge < -0.3 is 10.0 Å². The van der Waals surface area contributed by atoms with Gasteiger partial charge in [0, 0.05) is 19.8 Å². The van der Waals surface area contributed by atoms with E-state index in [2.05, 4.69) is 19.0 Å². The number of phenols is 1. The molecule has 0 radical (unpaired) electrons. The van der Waals surface area contributed by atoms with Crippen LogP contribution in [-0.2, 0) is 12.8 Å². The molecule has 1 aliphatic rings. The summed E-state index contributed by atoms with van der Waals surface area (Å²) in [7, 11) is 4.11. The van der Waals surface area contributed by atoms with Crippen LogP contribution in [0.25, 0.3) is 0 Å². The maximum atomic E-state index is 9.74. The van der Waals surface area contributed by atoms with Crippen molar-refractivity contribution in [1.82, 2.24) is 0 Å². The molecular weight excluding hydrogens is 174 g/mol. The van der Waals surface area contributed by atoms with Crippen molar-refractivity contribution in [2.24, 2.45) is 0 Å². The number of anilines is 1. The summed E-state index contributed by atoms with van der Waals surface area (Å²) in [6.45, 7) is 0. The molecule has 0 amide bonds. The molecule has 2 rings (SSSR count). The summed E-state index contributed by atoms with van der Waals surface area (Å²) < 4.78 is 0. The lowest BCUT2D eigenvalue weighted by atomic mass is 9.89. The van der Waals surface area contributed by atoms with Crippen molar-refractivity contribution in [2.75, 3.05) is 19.0 Å². The van der Waals surface area contributed by atoms with Crippen LogP contribution in [0.1, 0.15) is 24.0 Å². The van der Waals surface area contributed by atoms with E-state index in [0.717, 1.165) is 12.8 Å². The average Bonchev–Trinajstić information content (AvgIpc) is 2.18. The average molecular weight is 191 g/mol. The molecule has 1 aromatic rings. The van der Waals surface area contributed by atoms with Gasteiger partial charge in [0.15, 0.2) is 0 Å². The third kappa shape index (κ3) is 1.45. The minimum Gasteiger partial charge on any atom is -0.508 e. The largest absolute Gasteiger partial charge is 0.508 e. The van der Waals surface area contributed by atoms with Crippen LogP contribution in [0.4, 0.5) is 5.69 Å². The van der Waals surface area contributed by atoms with Gasteiger partial charge in [0.1, 0.15) is 5.75 Å². The maximum absolute atomic E-state index is 9.74. The van der Waals surface area contributed by atoms with Crippen LogP contribution < -0.4 is 4.90 Å². The normalized spacial score (nSPS) is 15.0. The van der Waals surface area contributed by atoms with Crippen molar-refractivity contribution in [1.29, 1.82) is 0 Å². The van der Waals surface area contributed by atoms with Crippen LogP contribution in [-0.4, -0.2) is 19.2 Å². The second kappa shape index (κ2) is 3.52. The Hall–Kier alpha value is -1.18. The number of benzene rings is 1. The molecule has 0 heterocycles. The lowest BCUT2D eigenvalue weighted by Gasteiger charge is -2.24. The van der Waals surface area contributed by atoms with E-state index in [1.165, 1.54) is 29.7 Å². The molecule has 2 heteroatoms. The van der Waals surface area contributed by atoms with Crippen LogP contribution in [0.2, 0.25) is 0 Å². The van der Waals surface area contributed by atoms with Gasteiger partial charge in [0.05, 0.1) is 0 Å².